The Labute approximate surface area is 122 Å². The zero-order valence-electron chi connectivity index (χ0n) is 12.0. The summed E-state index contributed by atoms with van der Waals surface area (Å²) in [5, 5.41) is 5.90. The summed E-state index contributed by atoms with van der Waals surface area (Å²) >= 11 is 0. The number of ether oxygens (including phenoxy) is 1. The first-order valence-corrected chi connectivity index (χ1v) is 7.12. The monoisotopic (exact) mass is 293 g/mol. The molecular weight excluding hydrogens is 274 g/mol. The number of imidazole rings is 1. The molecule has 0 radical (unpaired) electrons. The number of anilines is 1. The summed E-state index contributed by atoms with van der Waals surface area (Å²) in [4.78, 5) is 29.7. The Morgan fingerprint density at radius 2 is 2.33 bits per heavy atom. The molecule has 1 unspecified atom stereocenters. The summed E-state index contributed by atoms with van der Waals surface area (Å²) in [7, 11) is 1.33. The van der Waals surface area contributed by atoms with Crippen molar-refractivity contribution in [2.24, 2.45) is 0 Å². The van der Waals surface area contributed by atoms with Gasteiger partial charge >= 0.3 is 6.09 Å². The van der Waals surface area contributed by atoms with Crippen molar-refractivity contribution in [3.8, 4) is 0 Å². The van der Waals surface area contributed by atoms with Crippen molar-refractivity contribution in [3.63, 3.8) is 0 Å². The third-order valence-corrected chi connectivity index (χ3v) is 3.84. The van der Waals surface area contributed by atoms with Crippen LogP contribution in [-0.2, 0) is 11.3 Å². The van der Waals surface area contributed by atoms with Crippen LogP contribution < -0.4 is 10.6 Å². The van der Waals surface area contributed by atoms with Gasteiger partial charge in [0.15, 0.2) is 0 Å². The normalized spacial score (nSPS) is 20.6. The Kier molecular flexibility index (Phi) is 3.68. The Balaban J connectivity index is 1.63. The van der Waals surface area contributed by atoms with E-state index in [0.717, 1.165) is 31.9 Å². The van der Waals surface area contributed by atoms with E-state index in [-0.39, 0.29) is 11.9 Å². The van der Waals surface area contributed by atoms with Gasteiger partial charge < -0.3 is 24.8 Å². The zero-order chi connectivity index (χ0) is 14.8. The van der Waals surface area contributed by atoms with Gasteiger partial charge in [-0.3, -0.25) is 4.79 Å². The first kappa shape index (κ1) is 13.7. The highest BCUT2D eigenvalue weighted by molar-refractivity contribution is 5.93. The van der Waals surface area contributed by atoms with E-state index >= 15 is 0 Å². The summed E-state index contributed by atoms with van der Waals surface area (Å²) in [6.07, 6.45) is 3.10. The number of nitrogens with zero attached hydrogens (tertiary/aromatic N) is 3. The molecule has 1 aromatic rings. The number of amides is 2. The van der Waals surface area contributed by atoms with E-state index in [1.54, 1.807) is 11.1 Å². The smallest absolute Gasteiger partial charge is 0.407 e. The van der Waals surface area contributed by atoms with Gasteiger partial charge in [0.05, 0.1) is 13.2 Å². The lowest BCUT2D eigenvalue weighted by Crippen LogP contribution is -2.38. The average molecular weight is 293 g/mol. The number of rotatable bonds is 2. The minimum atomic E-state index is -0.462. The van der Waals surface area contributed by atoms with E-state index in [2.05, 4.69) is 20.4 Å². The molecule has 8 heteroatoms. The second-order valence-electron chi connectivity index (χ2n) is 5.30. The van der Waals surface area contributed by atoms with Crippen LogP contribution in [0.3, 0.4) is 0 Å². The number of methoxy groups -OCH3 is 1. The molecular formula is C13H19N5O3. The molecule has 3 heterocycles. The Morgan fingerprint density at radius 3 is 3.10 bits per heavy atom. The fourth-order valence-electron chi connectivity index (χ4n) is 2.73. The molecule has 0 bridgehead atoms. The number of aryl methyl sites for hydroxylation is 1. The molecule has 2 aliphatic heterocycles. The van der Waals surface area contributed by atoms with Crippen LogP contribution in [0.2, 0.25) is 0 Å². The lowest BCUT2D eigenvalue weighted by atomic mass is 10.3. The number of hydrogen-bond acceptors (Lipinski definition) is 5. The molecule has 0 saturated carbocycles. The maximum absolute atomic E-state index is 12.4. The number of alkyl carbamates (subject to hydrolysis) is 1. The van der Waals surface area contributed by atoms with Gasteiger partial charge in [0.1, 0.15) is 5.69 Å². The van der Waals surface area contributed by atoms with Crippen molar-refractivity contribution < 1.29 is 14.3 Å². The average Bonchev–Trinajstić information content (AvgIpc) is 3.12. The van der Waals surface area contributed by atoms with Gasteiger partial charge in [0, 0.05) is 32.4 Å². The van der Waals surface area contributed by atoms with Gasteiger partial charge in [0.25, 0.3) is 5.91 Å². The molecule has 1 aromatic heterocycles. The van der Waals surface area contributed by atoms with Crippen molar-refractivity contribution in [1.82, 2.24) is 19.8 Å². The first-order valence-electron chi connectivity index (χ1n) is 7.12. The largest absolute Gasteiger partial charge is 0.453 e. The van der Waals surface area contributed by atoms with Crippen molar-refractivity contribution in [2.45, 2.75) is 25.4 Å². The van der Waals surface area contributed by atoms with Gasteiger partial charge in [-0.25, -0.2) is 9.78 Å². The van der Waals surface area contributed by atoms with Gasteiger partial charge in [-0.15, -0.1) is 0 Å². The topological polar surface area (TPSA) is 88.5 Å². The Morgan fingerprint density at radius 1 is 1.48 bits per heavy atom. The lowest BCUT2D eigenvalue weighted by Gasteiger charge is -2.15. The fourth-order valence-corrected chi connectivity index (χ4v) is 2.73. The molecule has 2 N–H and O–H groups in total. The van der Waals surface area contributed by atoms with Crippen LogP contribution in [0, 0.1) is 0 Å². The summed E-state index contributed by atoms with van der Waals surface area (Å²) in [6.45, 7) is 2.88. The minimum Gasteiger partial charge on any atom is -0.453 e. The quantitative estimate of drug-likeness (QED) is 0.817. The van der Waals surface area contributed by atoms with E-state index in [1.165, 1.54) is 7.11 Å². The van der Waals surface area contributed by atoms with Gasteiger partial charge in [-0.05, 0) is 12.8 Å². The molecule has 2 amide bonds. The first-order chi connectivity index (χ1) is 10.2. The van der Waals surface area contributed by atoms with Gasteiger partial charge in [-0.1, -0.05) is 0 Å². The van der Waals surface area contributed by atoms with E-state index in [4.69, 9.17) is 0 Å². The van der Waals surface area contributed by atoms with E-state index in [0.29, 0.717) is 18.8 Å². The van der Waals surface area contributed by atoms with Crippen LogP contribution in [0.5, 0.6) is 0 Å². The predicted molar refractivity (Wildman–Crippen MR) is 75.2 cm³/mol. The van der Waals surface area contributed by atoms with Crippen LogP contribution in [0.4, 0.5) is 10.7 Å². The number of hydrogen-bond donors (Lipinski definition) is 2. The molecule has 1 atom stereocenters. The second kappa shape index (κ2) is 5.63. The second-order valence-corrected chi connectivity index (χ2v) is 5.30. The molecule has 1 saturated heterocycles. The van der Waals surface area contributed by atoms with Crippen LogP contribution >= 0.6 is 0 Å². The maximum Gasteiger partial charge on any atom is 0.407 e. The fraction of sp³-hybridized carbons (Fsp3) is 0.615. The SMILES string of the molecule is COC(=O)NC1CCN(C(=O)c2cn3c(n2)NCCC3)C1. The number of nitrogens with one attached hydrogen (secondary N) is 2. The number of carbonyl (C=O) groups excluding carboxylic acids is 2. The molecule has 0 spiro atoms. The summed E-state index contributed by atoms with van der Waals surface area (Å²) in [5.74, 6) is 0.667. The zero-order valence-corrected chi connectivity index (χ0v) is 12.0. The third-order valence-electron chi connectivity index (χ3n) is 3.84. The standard InChI is InChI=1S/C13H19N5O3/c1-21-13(20)15-9-3-6-17(7-9)11(19)10-8-18-5-2-4-14-12(18)16-10/h8-9H,2-7H2,1H3,(H,14,16)(H,15,20). The van der Waals surface area contributed by atoms with Crippen LogP contribution in [0.15, 0.2) is 6.20 Å². The highest BCUT2D eigenvalue weighted by atomic mass is 16.5. The number of fused-ring (bicyclic) bond motifs is 1. The molecule has 114 valence electrons. The van der Waals surface area contributed by atoms with Crippen molar-refractivity contribution >= 4 is 17.9 Å². The highest BCUT2D eigenvalue weighted by Crippen LogP contribution is 2.18. The highest BCUT2D eigenvalue weighted by Gasteiger charge is 2.30. The van der Waals surface area contributed by atoms with Crippen LogP contribution in [0.1, 0.15) is 23.3 Å². The van der Waals surface area contributed by atoms with Crippen LogP contribution in [-0.4, -0.2) is 59.2 Å². The number of likely N-dealkylation sites (tertiary alicyclic amines) is 1. The third kappa shape index (κ3) is 2.79. The molecule has 1 fully saturated rings. The molecule has 2 aliphatic rings. The van der Waals surface area contributed by atoms with Crippen molar-refractivity contribution in [1.29, 1.82) is 0 Å². The molecule has 8 nitrogen and oxygen atoms in total. The van der Waals surface area contributed by atoms with E-state index < -0.39 is 6.09 Å². The summed E-state index contributed by atoms with van der Waals surface area (Å²) < 4.78 is 6.54. The Bertz CT molecular complexity index is 533. The van der Waals surface area contributed by atoms with Crippen molar-refractivity contribution in [2.75, 3.05) is 32.1 Å². The van der Waals surface area contributed by atoms with Crippen LogP contribution in [0.25, 0.3) is 0 Å². The van der Waals surface area contributed by atoms with Gasteiger partial charge in [-0.2, -0.15) is 0 Å². The number of carbonyl (C=O) groups is 2. The molecule has 3 rings (SSSR count). The van der Waals surface area contributed by atoms with E-state index in [9.17, 15) is 9.59 Å². The minimum absolute atomic E-state index is 0.0586. The molecule has 0 aromatic carbocycles. The summed E-state index contributed by atoms with van der Waals surface area (Å²) in [6, 6.07) is -0.0586. The molecule has 21 heavy (non-hydrogen) atoms. The molecule has 0 aliphatic carbocycles. The summed E-state index contributed by atoms with van der Waals surface area (Å²) in [5.41, 5.74) is 0.457. The number of aromatic nitrogens is 2. The lowest BCUT2D eigenvalue weighted by molar-refractivity contribution is 0.0783. The van der Waals surface area contributed by atoms with Crippen molar-refractivity contribution in [3.05, 3.63) is 11.9 Å². The predicted octanol–water partition coefficient (Wildman–Crippen LogP) is 0.269. The van der Waals surface area contributed by atoms with Gasteiger partial charge in [0.2, 0.25) is 5.95 Å². The van der Waals surface area contributed by atoms with E-state index in [1.807, 2.05) is 4.57 Å². The maximum atomic E-state index is 12.4. The Hall–Kier alpha value is -2.25.